The van der Waals surface area contributed by atoms with Crippen LogP contribution < -0.4 is 4.74 Å². The minimum Gasteiger partial charge on any atom is -0.488 e. The second-order valence-electron chi connectivity index (χ2n) is 3.92. The van der Waals surface area contributed by atoms with Crippen LogP contribution in [-0.2, 0) is 0 Å². The van der Waals surface area contributed by atoms with Crippen molar-refractivity contribution in [3.8, 4) is 5.75 Å². The number of benzene rings is 1. The van der Waals surface area contributed by atoms with Crippen LogP contribution in [0.3, 0.4) is 0 Å². The predicted molar refractivity (Wildman–Crippen MR) is 62.5 cm³/mol. The Morgan fingerprint density at radius 1 is 1.53 bits per heavy atom. The molecule has 0 unspecified atom stereocenters. The van der Waals surface area contributed by atoms with E-state index >= 15 is 0 Å². The number of hydrogen-bond acceptors (Lipinski definition) is 2. The average molecular weight is 252 g/mol. The van der Waals surface area contributed by atoms with Crippen molar-refractivity contribution in [3.05, 3.63) is 40.2 Å². The van der Waals surface area contributed by atoms with Gasteiger partial charge >= 0.3 is 5.97 Å². The molecule has 0 bridgehead atoms. The maximum Gasteiger partial charge on any atom is 0.337 e. The second kappa shape index (κ2) is 4.64. The molecule has 1 aliphatic carbocycles. The van der Waals surface area contributed by atoms with Crippen molar-refractivity contribution in [1.82, 2.24) is 0 Å². The molecule has 17 heavy (non-hydrogen) atoms. The molecule has 0 atom stereocenters. The number of carboxylic acids is 1. The van der Waals surface area contributed by atoms with Crippen LogP contribution >= 0.6 is 11.6 Å². The van der Waals surface area contributed by atoms with Gasteiger partial charge in [0, 0.05) is 0 Å². The lowest BCUT2D eigenvalue weighted by Crippen LogP contribution is -2.35. The fourth-order valence-electron chi connectivity index (χ4n) is 1.69. The van der Waals surface area contributed by atoms with Crippen LogP contribution in [0.5, 0.6) is 5.75 Å². The molecule has 0 saturated heterocycles. The average Bonchev–Trinajstić information content (AvgIpc) is 2.24. The third-order valence-electron chi connectivity index (χ3n) is 2.74. The normalized spacial score (nSPS) is 22.4. The summed E-state index contributed by atoms with van der Waals surface area (Å²) in [6.45, 7) is 6.83. The van der Waals surface area contributed by atoms with Gasteiger partial charge in [-0.25, -0.2) is 11.4 Å². The van der Waals surface area contributed by atoms with Crippen LogP contribution in [0, 0.1) is 6.57 Å². The molecule has 1 aliphatic rings. The molecule has 0 aliphatic heterocycles. The Balaban J connectivity index is 2.10. The molecule has 0 amide bonds. The van der Waals surface area contributed by atoms with Crippen LogP contribution in [-0.4, -0.2) is 23.2 Å². The quantitative estimate of drug-likeness (QED) is 0.841. The Labute approximate surface area is 104 Å². The Morgan fingerprint density at radius 2 is 2.24 bits per heavy atom. The largest absolute Gasteiger partial charge is 0.488 e. The van der Waals surface area contributed by atoms with Gasteiger partial charge in [-0.15, -0.1) is 0 Å². The molecule has 1 saturated carbocycles. The molecule has 2 rings (SSSR count). The van der Waals surface area contributed by atoms with E-state index in [0.29, 0.717) is 18.6 Å². The predicted octanol–water partition coefficient (Wildman–Crippen LogP) is 2.87. The third kappa shape index (κ3) is 2.34. The number of carboxylic acid groups (broad SMARTS) is 1. The van der Waals surface area contributed by atoms with Crippen molar-refractivity contribution in [2.75, 3.05) is 0 Å². The van der Waals surface area contributed by atoms with E-state index in [1.54, 1.807) is 12.1 Å². The minimum absolute atomic E-state index is 0.0291. The SMILES string of the molecule is [C-]#[N+]C1CC(Oc2cccc(C(=O)O)c2Cl)C1. The lowest BCUT2D eigenvalue weighted by molar-refractivity contribution is 0.0694. The van der Waals surface area contributed by atoms with Crippen molar-refractivity contribution in [3.63, 3.8) is 0 Å². The molecule has 88 valence electrons. The summed E-state index contributed by atoms with van der Waals surface area (Å²) in [5, 5.41) is 9.01. The van der Waals surface area contributed by atoms with Crippen molar-refractivity contribution in [1.29, 1.82) is 0 Å². The molecule has 5 heteroatoms. The first-order valence-corrected chi connectivity index (χ1v) is 5.54. The van der Waals surface area contributed by atoms with Gasteiger partial charge in [0.1, 0.15) is 11.9 Å². The molecule has 0 aromatic heterocycles. The van der Waals surface area contributed by atoms with Gasteiger partial charge in [0.25, 0.3) is 0 Å². The monoisotopic (exact) mass is 251 g/mol. The fraction of sp³-hybridized carbons (Fsp3) is 0.333. The maximum atomic E-state index is 10.9. The zero-order valence-electron chi connectivity index (χ0n) is 8.89. The van der Waals surface area contributed by atoms with E-state index in [0.717, 1.165) is 0 Å². The summed E-state index contributed by atoms with van der Waals surface area (Å²) < 4.78 is 5.57. The Bertz CT molecular complexity index is 489. The molecule has 4 nitrogen and oxygen atoms in total. The molecule has 0 radical (unpaired) electrons. The van der Waals surface area contributed by atoms with Crippen molar-refractivity contribution >= 4 is 17.6 Å². The zero-order valence-corrected chi connectivity index (χ0v) is 9.65. The van der Waals surface area contributed by atoms with E-state index in [2.05, 4.69) is 4.85 Å². The summed E-state index contributed by atoms with van der Waals surface area (Å²) in [6.07, 6.45) is 1.32. The zero-order chi connectivity index (χ0) is 12.4. The van der Waals surface area contributed by atoms with E-state index in [1.807, 2.05) is 0 Å². The fourth-order valence-corrected chi connectivity index (χ4v) is 1.94. The van der Waals surface area contributed by atoms with E-state index in [9.17, 15) is 4.79 Å². The van der Waals surface area contributed by atoms with Crippen LogP contribution in [0.2, 0.25) is 5.02 Å². The van der Waals surface area contributed by atoms with Crippen LogP contribution in [0.15, 0.2) is 18.2 Å². The highest BCUT2D eigenvalue weighted by molar-refractivity contribution is 6.34. The van der Waals surface area contributed by atoms with Gasteiger partial charge in [-0.2, -0.15) is 0 Å². The Hall–Kier alpha value is -1.73. The first-order valence-electron chi connectivity index (χ1n) is 5.17. The topological polar surface area (TPSA) is 50.9 Å². The molecule has 1 aromatic rings. The summed E-state index contributed by atoms with van der Waals surface area (Å²) in [7, 11) is 0. The molecule has 0 spiro atoms. The number of hydrogen-bond donors (Lipinski definition) is 1. The third-order valence-corrected chi connectivity index (χ3v) is 3.13. The first kappa shape index (κ1) is 11.7. The van der Waals surface area contributed by atoms with E-state index in [1.165, 1.54) is 6.07 Å². The second-order valence-corrected chi connectivity index (χ2v) is 4.29. The van der Waals surface area contributed by atoms with E-state index in [4.69, 9.17) is 28.0 Å². The smallest absolute Gasteiger partial charge is 0.337 e. The summed E-state index contributed by atoms with van der Waals surface area (Å²) in [4.78, 5) is 14.3. The highest BCUT2D eigenvalue weighted by Gasteiger charge is 2.36. The maximum absolute atomic E-state index is 10.9. The van der Waals surface area contributed by atoms with Gasteiger partial charge < -0.3 is 14.7 Å². The van der Waals surface area contributed by atoms with Gasteiger partial charge in [0.05, 0.1) is 23.4 Å². The number of halogens is 1. The van der Waals surface area contributed by atoms with Gasteiger partial charge in [-0.1, -0.05) is 17.7 Å². The van der Waals surface area contributed by atoms with Crippen LogP contribution in [0.4, 0.5) is 0 Å². The summed E-state index contributed by atoms with van der Waals surface area (Å²) in [6, 6.07) is 4.69. The lowest BCUT2D eigenvalue weighted by atomic mass is 9.90. The van der Waals surface area contributed by atoms with E-state index in [-0.39, 0.29) is 22.7 Å². The van der Waals surface area contributed by atoms with Gasteiger partial charge in [-0.3, -0.25) is 0 Å². The van der Waals surface area contributed by atoms with Crippen LogP contribution in [0.1, 0.15) is 23.2 Å². The number of nitrogens with zero attached hydrogens (tertiary/aromatic N) is 1. The lowest BCUT2D eigenvalue weighted by Gasteiger charge is -2.28. The number of rotatable bonds is 3. The van der Waals surface area contributed by atoms with Gasteiger partial charge in [-0.05, 0) is 12.1 Å². The van der Waals surface area contributed by atoms with E-state index < -0.39 is 5.97 Å². The Morgan fingerprint density at radius 3 is 2.82 bits per heavy atom. The number of aromatic carboxylic acids is 1. The first-order chi connectivity index (χ1) is 8.11. The molecule has 1 N–H and O–H groups in total. The van der Waals surface area contributed by atoms with Gasteiger partial charge in [0.15, 0.2) is 0 Å². The number of ether oxygens (including phenoxy) is 1. The summed E-state index contributed by atoms with van der Waals surface area (Å²) >= 11 is 5.93. The van der Waals surface area contributed by atoms with Crippen molar-refractivity contribution < 1.29 is 14.6 Å². The van der Waals surface area contributed by atoms with Crippen molar-refractivity contribution in [2.24, 2.45) is 0 Å². The highest BCUT2D eigenvalue weighted by atomic mass is 35.5. The standard InChI is InChI=1S/C12H10ClNO3/c1-14-7-5-8(6-7)17-10-4-2-3-9(11(10)13)12(15)16/h2-4,7-8H,5-6H2,(H,15,16). The molecule has 1 aromatic carbocycles. The van der Waals surface area contributed by atoms with Crippen LogP contribution in [0.25, 0.3) is 4.85 Å². The Kier molecular flexibility index (Phi) is 3.21. The highest BCUT2D eigenvalue weighted by Crippen LogP contribution is 2.33. The molecule has 0 heterocycles. The number of carbonyl (C=O) groups is 1. The molecular weight excluding hydrogens is 242 g/mol. The summed E-state index contributed by atoms with van der Waals surface area (Å²) in [5.74, 6) is -0.701. The minimum atomic E-state index is -1.08. The summed E-state index contributed by atoms with van der Waals surface area (Å²) in [5.41, 5.74) is 0.0326. The van der Waals surface area contributed by atoms with Crippen molar-refractivity contribution in [2.45, 2.75) is 25.0 Å². The molecular formula is C12H10ClNO3. The van der Waals surface area contributed by atoms with Gasteiger partial charge in [0.2, 0.25) is 6.04 Å². The molecule has 1 fully saturated rings.